The Morgan fingerprint density at radius 2 is 1.92 bits per heavy atom. The zero-order valence-corrected chi connectivity index (χ0v) is 13.6. The zero-order chi connectivity index (χ0) is 17.8. The first kappa shape index (κ1) is 16.6. The maximum absolute atomic E-state index is 12.0. The summed E-state index contributed by atoms with van der Waals surface area (Å²) in [4.78, 5) is 28.0. The van der Waals surface area contributed by atoms with Gasteiger partial charge < -0.3 is 9.57 Å². The number of hydrogen-bond acceptors (Lipinski definition) is 6. The van der Waals surface area contributed by atoms with Crippen molar-refractivity contribution in [2.24, 2.45) is 5.16 Å². The Balaban J connectivity index is 1.93. The first-order valence-electron chi connectivity index (χ1n) is 7.79. The Kier molecular flexibility index (Phi) is 4.74. The molecule has 0 heterocycles. The lowest BCUT2D eigenvalue weighted by molar-refractivity contribution is -0.386. The molecule has 0 N–H and O–H groups in total. The minimum atomic E-state index is -0.566. The highest BCUT2D eigenvalue weighted by Gasteiger charge is 2.28. The molecule has 0 spiro atoms. The summed E-state index contributed by atoms with van der Waals surface area (Å²) < 4.78 is 5.10. The normalized spacial score (nSPS) is 14.7. The predicted octanol–water partition coefficient (Wildman–Crippen LogP) is 3.50. The highest BCUT2D eigenvalue weighted by molar-refractivity contribution is 6.04. The number of nitro benzene ring substituents is 1. The van der Waals surface area contributed by atoms with E-state index in [0.717, 1.165) is 0 Å². The summed E-state index contributed by atoms with van der Waals surface area (Å²) in [5.74, 6) is -0.352. The van der Waals surface area contributed by atoms with Gasteiger partial charge in [-0.25, -0.2) is 4.79 Å². The van der Waals surface area contributed by atoms with Gasteiger partial charge in [-0.1, -0.05) is 23.4 Å². The number of benzene rings is 2. The smallest absolute Gasteiger partial charge is 0.365 e. The molecule has 0 atom stereocenters. The van der Waals surface area contributed by atoms with E-state index in [1.54, 1.807) is 36.4 Å². The molecular weight excluding hydrogens is 324 g/mol. The number of fused-ring (bicyclic) bond motifs is 1. The topological polar surface area (TPSA) is 91.0 Å². The second-order valence-corrected chi connectivity index (χ2v) is 5.54. The summed E-state index contributed by atoms with van der Waals surface area (Å²) in [6.45, 7) is 0. The van der Waals surface area contributed by atoms with Crippen LogP contribution in [0.1, 0.15) is 34.3 Å². The summed E-state index contributed by atoms with van der Waals surface area (Å²) in [6, 6.07) is 11.8. The van der Waals surface area contributed by atoms with Gasteiger partial charge in [0.05, 0.1) is 23.3 Å². The standard InChI is InChI=1S/C18H16N2O5/c1-24-16-11-10-13-14(17(16)20(22)23)8-5-9-15(13)19-25-18(21)12-6-3-2-4-7-12/h2-4,6-7,10-11H,5,8-9H2,1H3. The maximum Gasteiger partial charge on any atom is 0.365 e. The van der Waals surface area contributed by atoms with Crippen molar-refractivity contribution in [2.75, 3.05) is 7.11 Å². The Labute approximate surface area is 144 Å². The number of carbonyl (C=O) groups excluding carboxylic acids is 1. The van der Waals surface area contributed by atoms with Crippen LogP contribution in [0.25, 0.3) is 0 Å². The van der Waals surface area contributed by atoms with E-state index in [1.165, 1.54) is 13.2 Å². The van der Waals surface area contributed by atoms with Crippen molar-refractivity contribution in [3.8, 4) is 5.75 Å². The predicted molar refractivity (Wildman–Crippen MR) is 91.0 cm³/mol. The van der Waals surface area contributed by atoms with Crippen LogP contribution in [0.3, 0.4) is 0 Å². The number of nitrogens with zero attached hydrogens (tertiary/aromatic N) is 2. The SMILES string of the molecule is COc1ccc2c(c1[N+](=O)[O-])CCCC2=NOC(=O)c1ccccc1. The monoisotopic (exact) mass is 340 g/mol. The van der Waals surface area contributed by atoms with Crippen molar-refractivity contribution < 1.29 is 19.3 Å². The van der Waals surface area contributed by atoms with Gasteiger partial charge in [0, 0.05) is 11.1 Å². The first-order valence-corrected chi connectivity index (χ1v) is 7.79. The molecule has 0 saturated carbocycles. The van der Waals surface area contributed by atoms with Gasteiger partial charge in [-0.2, -0.15) is 0 Å². The highest BCUT2D eigenvalue weighted by Crippen LogP contribution is 2.37. The van der Waals surface area contributed by atoms with E-state index in [0.29, 0.717) is 41.7 Å². The molecule has 0 bridgehead atoms. The van der Waals surface area contributed by atoms with Gasteiger partial charge in [-0.05, 0) is 43.5 Å². The second kappa shape index (κ2) is 7.12. The van der Waals surface area contributed by atoms with Crippen LogP contribution in [-0.4, -0.2) is 23.7 Å². The number of hydrogen-bond donors (Lipinski definition) is 0. The van der Waals surface area contributed by atoms with Crippen LogP contribution in [0.2, 0.25) is 0 Å². The fourth-order valence-electron chi connectivity index (χ4n) is 2.89. The Morgan fingerprint density at radius 3 is 2.60 bits per heavy atom. The molecule has 0 saturated heterocycles. The van der Waals surface area contributed by atoms with Crippen molar-refractivity contribution in [1.82, 2.24) is 0 Å². The van der Waals surface area contributed by atoms with Crippen LogP contribution < -0.4 is 4.74 Å². The van der Waals surface area contributed by atoms with Gasteiger partial charge in [0.25, 0.3) is 0 Å². The average molecular weight is 340 g/mol. The van der Waals surface area contributed by atoms with E-state index in [1.807, 2.05) is 0 Å². The van der Waals surface area contributed by atoms with Gasteiger partial charge in [0.1, 0.15) is 0 Å². The third-order valence-corrected chi connectivity index (χ3v) is 4.05. The van der Waals surface area contributed by atoms with Gasteiger partial charge in [-0.15, -0.1) is 0 Å². The summed E-state index contributed by atoms with van der Waals surface area (Å²) in [6.07, 6.45) is 1.82. The van der Waals surface area contributed by atoms with Gasteiger partial charge in [0.2, 0.25) is 0 Å². The molecular formula is C18H16N2O5. The fraction of sp³-hybridized carbons (Fsp3) is 0.222. The minimum absolute atomic E-state index is 0.0539. The molecule has 0 fully saturated rings. The third-order valence-electron chi connectivity index (χ3n) is 4.05. The number of oxime groups is 1. The van der Waals surface area contributed by atoms with Crippen LogP contribution >= 0.6 is 0 Å². The molecule has 3 rings (SSSR count). The van der Waals surface area contributed by atoms with E-state index < -0.39 is 10.9 Å². The molecule has 1 aliphatic rings. The number of methoxy groups -OCH3 is 1. The largest absolute Gasteiger partial charge is 0.490 e. The molecule has 128 valence electrons. The van der Waals surface area contributed by atoms with E-state index in [4.69, 9.17) is 9.57 Å². The van der Waals surface area contributed by atoms with Crippen molar-refractivity contribution in [1.29, 1.82) is 0 Å². The zero-order valence-electron chi connectivity index (χ0n) is 13.6. The number of carbonyl (C=O) groups is 1. The van der Waals surface area contributed by atoms with Crippen LogP contribution in [0.15, 0.2) is 47.6 Å². The summed E-state index contributed by atoms with van der Waals surface area (Å²) in [5.41, 5.74) is 2.05. The first-order chi connectivity index (χ1) is 12.1. The van der Waals surface area contributed by atoms with Crippen LogP contribution in [-0.2, 0) is 11.3 Å². The highest BCUT2D eigenvalue weighted by atomic mass is 16.7. The van der Waals surface area contributed by atoms with Crippen molar-refractivity contribution >= 4 is 17.4 Å². The lowest BCUT2D eigenvalue weighted by Gasteiger charge is -2.18. The molecule has 0 aromatic heterocycles. The Morgan fingerprint density at radius 1 is 1.16 bits per heavy atom. The molecule has 2 aromatic rings. The van der Waals surface area contributed by atoms with Crippen molar-refractivity contribution in [2.45, 2.75) is 19.3 Å². The Bertz CT molecular complexity index is 846. The van der Waals surface area contributed by atoms with Gasteiger partial charge in [-0.3, -0.25) is 10.1 Å². The van der Waals surface area contributed by atoms with Crippen molar-refractivity contribution in [3.05, 3.63) is 69.3 Å². The summed E-state index contributed by atoms with van der Waals surface area (Å²) in [7, 11) is 1.40. The number of rotatable bonds is 4. The lowest BCUT2D eigenvalue weighted by Crippen LogP contribution is -2.15. The quantitative estimate of drug-likeness (QED) is 0.482. The number of nitro groups is 1. The fourth-order valence-corrected chi connectivity index (χ4v) is 2.89. The van der Waals surface area contributed by atoms with Crippen LogP contribution in [0, 0.1) is 10.1 Å². The van der Waals surface area contributed by atoms with Crippen LogP contribution in [0.5, 0.6) is 5.75 Å². The van der Waals surface area contributed by atoms with Crippen LogP contribution in [0.4, 0.5) is 5.69 Å². The molecule has 25 heavy (non-hydrogen) atoms. The van der Waals surface area contributed by atoms with Crippen molar-refractivity contribution in [3.63, 3.8) is 0 Å². The third kappa shape index (κ3) is 3.35. The van der Waals surface area contributed by atoms with E-state index >= 15 is 0 Å². The molecule has 0 radical (unpaired) electrons. The van der Waals surface area contributed by atoms with E-state index in [9.17, 15) is 14.9 Å². The molecule has 7 heteroatoms. The average Bonchev–Trinajstić information content (AvgIpc) is 2.65. The molecule has 0 amide bonds. The lowest BCUT2D eigenvalue weighted by atomic mass is 9.88. The maximum atomic E-state index is 12.0. The second-order valence-electron chi connectivity index (χ2n) is 5.54. The number of ether oxygens (including phenoxy) is 1. The summed E-state index contributed by atoms with van der Waals surface area (Å²) in [5, 5.41) is 15.4. The minimum Gasteiger partial charge on any atom is -0.490 e. The van der Waals surface area contributed by atoms with Gasteiger partial charge >= 0.3 is 11.7 Å². The van der Waals surface area contributed by atoms with E-state index in [2.05, 4.69) is 5.16 Å². The Hall–Kier alpha value is -3.22. The van der Waals surface area contributed by atoms with Gasteiger partial charge in [0.15, 0.2) is 5.75 Å². The molecule has 7 nitrogen and oxygen atoms in total. The molecule has 0 unspecified atom stereocenters. The molecule has 2 aromatic carbocycles. The summed E-state index contributed by atoms with van der Waals surface area (Å²) >= 11 is 0. The van der Waals surface area contributed by atoms with E-state index in [-0.39, 0.29) is 11.4 Å². The molecule has 1 aliphatic carbocycles. The molecule has 0 aliphatic heterocycles.